The van der Waals surface area contributed by atoms with Crippen LogP contribution >= 0.6 is 0 Å². The Morgan fingerprint density at radius 3 is 2.74 bits per heavy atom. The third-order valence-corrected chi connectivity index (χ3v) is 2.63. The molecular formula is C14H15FN2O2. The first-order valence-corrected chi connectivity index (χ1v) is 6.05. The van der Waals surface area contributed by atoms with Gasteiger partial charge < -0.3 is 10.1 Å². The number of aromatic nitrogens is 2. The molecule has 0 atom stereocenters. The van der Waals surface area contributed by atoms with Gasteiger partial charge in [-0.25, -0.2) is 9.37 Å². The number of nitrogens with zero attached hydrogens (tertiary/aromatic N) is 1. The van der Waals surface area contributed by atoms with Crippen LogP contribution in [-0.4, -0.2) is 15.1 Å². The van der Waals surface area contributed by atoms with E-state index in [1.807, 2.05) is 13.8 Å². The fourth-order valence-corrected chi connectivity index (χ4v) is 1.82. The second-order valence-corrected chi connectivity index (χ2v) is 4.85. The van der Waals surface area contributed by atoms with Crippen LogP contribution in [0, 0.1) is 11.7 Å². The van der Waals surface area contributed by atoms with Crippen molar-refractivity contribution in [2.24, 2.45) is 5.92 Å². The Morgan fingerprint density at radius 1 is 1.37 bits per heavy atom. The quantitative estimate of drug-likeness (QED) is 0.893. The Hall–Kier alpha value is -2.17. The minimum Gasteiger partial charge on any atom is -0.505 e. The predicted molar refractivity (Wildman–Crippen MR) is 70.5 cm³/mol. The Bertz CT molecular complexity index is 650. The first kappa shape index (κ1) is 13.3. The summed E-state index contributed by atoms with van der Waals surface area (Å²) in [6.45, 7) is 4.06. The van der Waals surface area contributed by atoms with Crippen LogP contribution in [0.1, 0.15) is 19.5 Å². The molecule has 1 aromatic heterocycles. The number of nitrogens with one attached hydrogen (secondary N) is 1. The zero-order chi connectivity index (χ0) is 14.0. The minimum atomic E-state index is -0.741. The molecule has 5 heteroatoms. The van der Waals surface area contributed by atoms with E-state index in [9.17, 15) is 9.18 Å². The highest BCUT2D eigenvalue weighted by Crippen LogP contribution is 2.22. The Balaban J connectivity index is 2.46. The molecule has 2 N–H and O–H groups in total. The fraction of sp³-hybridized carbons (Fsp3) is 0.286. The monoisotopic (exact) mass is 262 g/mol. The van der Waals surface area contributed by atoms with E-state index in [1.54, 1.807) is 0 Å². The van der Waals surface area contributed by atoms with E-state index in [2.05, 4.69) is 9.97 Å². The second kappa shape index (κ2) is 5.22. The maximum absolute atomic E-state index is 13.3. The minimum absolute atomic E-state index is 0.269. The van der Waals surface area contributed by atoms with Gasteiger partial charge in [0.2, 0.25) is 0 Å². The zero-order valence-electron chi connectivity index (χ0n) is 10.8. The van der Waals surface area contributed by atoms with Gasteiger partial charge in [-0.05, 0) is 30.5 Å². The molecule has 0 aliphatic rings. The highest BCUT2D eigenvalue weighted by atomic mass is 19.1. The smallest absolute Gasteiger partial charge is 0.251 e. The summed E-state index contributed by atoms with van der Waals surface area (Å²) in [5.41, 5.74) is 0.828. The SMILES string of the molecule is CC(C)Cc1cc(=O)[nH]c(-c2ccc(O)c(F)c2)n1. The fourth-order valence-electron chi connectivity index (χ4n) is 1.82. The molecule has 0 aliphatic carbocycles. The predicted octanol–water partition coefficient (Wildman–Crippen LogP) is 2.48. The van der Waals surface area contributed by atoms with Crippen LogP contribution in [0.25, 0.3) is 11.4 Å². The second-order valence-electron chi connectivity index (χ2n) is 4.85. The number of H-pyrrole nitrogens is 1. The molecule has 1 aromatic carbocycles. The van der Waals surface area contributed by atoms with E-state index >= 15 is 0 Å². The number of hydrogen-bond donors (Lipinski definition) is 2. The molecular weight excluding hydrogens is 247 g/mol. The number of hydrogen-bond acceptors (Lipinski definition) is 3. The first-order chi connectivity index (χ1) is 8.95. The summed E-state index contributed by atoms with van der Waals surface area (Å²) in [5, 5.41) is 9.15. The molecule has 4 nitrogen and oxygen atoms in total. The van der Waals surface area contributed by atoms with Gasteiger partial charge in [-0.3, -0.25) is 4.79 Å². The molecule has 0 spiro atoms. The van der Waals surface area contributed by atoms with Crippen LogP contribution < -0.4 is 5.56 Å². The first-order valence-electron chi connectivity index (χ1n) is 6.05. The summed E-state index contributed by atoms with van der Waals surface area (Å²) in [6, 6.07) is 5.34. The molecule has 0 saturated carbocycles. The maximum atomic E-state index is 13.3. The topological polar surface area (TPSA) is 66.0 Å². The van der Waals surface area contributed by atoms with Crippen LogP contribution in [0.15, 0.2) is 29.1 Å². The molecule has 1 heterocycles. The van der Waals surface area contributed by atoms with E-state index in [0.29, 0.717) is 29.4 Å². The Kier molecular flexibility index (Phi) is 3.64. The molecule has 2 rings (SSSR count). The molecule has 0 fully saturated rings. The lowest BCUT2D eigenvalue weighted by atomic mass is 10.1. The van der Waals surface area contributed by atoms with Gasteiger partial charge >= 0.3 is 0 Å². The molecule has 0 aliphatic heterocycles. The van der Waals surface area contributed by atoms with Crippen molar-refractivity contribution >= 4 is 0 Å². The summed E-state index contributed by atoms with van der Waals surface area (Å²) < 4.78 is 13.3. The average Bonchev–Trinajstić information content (AvgIpc) is 2.31. The third-order valence-electron chi connectivity index (χ3n) is 2.63. The lowest BCUT2D eigenvalue weighted by molar-refractivity contribution is 0.432. The molecule has 100 valence electrons. The number of aromatic hydroxyl groups is 1. The van der Waals surface area contributed by atoms with Gasteiger partial charge in [0, 0.05) is 17.3 Å². The largest absolute Gasteiger partial charge is 0.505 e. The Morgan fingerprint density at radius 2 is 2.11 bits per heavy atom. The van der Waals surface area contributed by atoms with E-state index in [0.717, 1.165) is 6.07 Å². The molecule has 2 aromatic rings. The normalized spacial score (nSPS) is 10.9. The van der Waals surface area contributed by atoms with E-state index in [1.165, 1.54) is 18.2 Å². The van der Waals surface area contributed by atoms with E-state index < -0.39 is 11.6 Å². The summed E-state index contributed by atoms with van der Waals surface area (Å²) in [5.74, 6) is -0.486. The maximum Gasteiger partial charge on any atom is 0.251 e. The van der Waals surface area contributed by atoms with Crippen LogP contribution in [-0.2, 0) is 6.42 Å². The molecule has 0 bridgehead atoms. The van der Waals surface area contributed by atoms with Gasteiger partial charge in [0.15, 0.2) is 11.6 Å². The number of phenolic OH excluding ortho intramolecular Hbond substituents is 1. The molecule has 0 unspecified atom stereocenters. The van der Waals surface area contributed by atoms with E-state index in [-0.39, 0.29) is 5.56 Å². The van der Waals surface area contributed by atoms with Crippen molar-refractivity contribution in [3.8, 4) is 17.1 Å². The summed E-state index contributed by atoms with van der Waals surface area (Å²) in [4.78, 5) is 18.5. The van der Waals surface area contributed by atoms with Gasteiger partial charge in [0.25, 0.3) is 5.56 Å². The van der Waals surface area contributed by atoms with Crippen LogP contribution in [0.2, 0.25) is 0 Å². The highest BCUT2D eigenvalue weighted by Gasteiger charge is 2.08. The number of benzene rings is 1. The van der Waals surface area contributed by atoms with Gasteiger partial charge in [0.05, 0.1) is 0 Å². The molecule has 0 saturated heterocycles. The van der Waals surface area contributed by atoms with Gasteiger partial charge in [-0.1, -0.05) is 13.8 Å². The zero-order valence-corrected chi connectivity index (χ0v) is 10.8. The van der Waals surface area contributed by atoms with Gasteiger partial charge in [-0.2, -0.15) is 0 Å². The van der Waals surface area contributed by atoms with Gasteiger partial charge in [-0.15, -0.1) is 0 Å². The van der Waals surface area contributed by atoms with Crippen LogP contribution in [0.4, 0.5) is 4.39 Å². The Labute approximate surface area is 110 Å². The number of aromatic amines is 1. The molecule has 0 amide bonds. The molecule has 0 radical (unpaired) electrons. The summed E-state index contributed by atoms with van der Waals surface area (Å²) >= 11 is 0. The standard InChI is InChI=1S/C14H15FN2O2/c1-8(2)5-10-7-13(19)17-14(16-10)9-3-4-12(18)11(15)6-9/h3-4,6-8,18H,5H2,1-2H3,(H,16,17,19). The van der Waals surface area contributed by atoms with Crippen molar-refractivity contribution in [2.75, 3.05) is 0 Å². The van der Waals surface area contributed by atoms with Crippen molar-refractivity contribution < 1.29 is 9.50 Å². The number of rotatable bonds is 3. The van der Waals surface area contributed by atoms with Crippen molar-refractivity contribution in [2.45, 2.75) is 20.3 Å². The van der Waals surface area contributed by atoms with Crippen molar-refractivity contribution in [1.29, 1.82) is 0 Å². The number of halogens is 1. The third kappa shape index (κ3) is 3.19. The average molecular weight is 262 g/mol. The van der Waals surface area contributed by atoms with Gasteiger partial charge in [0.1, 0.15) is 5.82 Å². The lowest BCUT2D eigenvalue weighted by Gasteiger charge is -2.07. The van der Waals surface area contributed by atoms with Crippen LogP contribution in [0.5, 0.6) is 5.75 Å². The van der Waals surface area contributed by atoms with Crippen molar-refractivity contribution in [3.63, 3.8) is 0 Å². The highest BCUT2D eigenvalue weighted by molar-refractivity contribution is 5.56. The van der Waals surface area contributed by atoms with Crippen LogP contribution in [0.3, 0.4) is 0 Å². The summed E-state index contributed by atoms with van der Waals surface area (Å²) in [7, 11) is 0. The van der Waals surface area contributed by atoms with E-state index in [4.69, 9.17) is 5.11 Å². The van der Waals surface area contributed by atoms with Crippen molar-refractivity contribution in [3.05, 3.63) is 46.1 Å². The summed E-state index contributed by atoms with van der Waals surface area (Å²) in [6.07, 6.45) is 0.678. The van der Waals surface area contributed by atoms with Crippen molar-refractivity contribution in [1.82, 2.24) is 9.97 Å². The lowest BCUT2D eigenvalue weighted by Crippen LogP contribution is -2.11. The number of phenols is 1. The molecule has 19 heavy (non-hydrogen) atoms.